The minimum Gasteiger partial charge on any atom is -0.379 e. The van der Waals surface area contributed by atoms with Crippen molar-refractivity contribution in [2.24, 2.45) is 7.05 Å². The first-order chi connectivity index (χ1) is 16.0. The second kappa shape index (κ2) is 9.09. The van der Waals surface area contributed by atoms with Gasteiger partial charge in [0.05, 0.1) is 24.6 Å². The maximum atomic E-state index is 14.6. The minimum absolute atomic E-state index is 0.340. The first-order valence-electron chi connectivity index (χ1n) is 10.8. The van der Waals surface area contributed by atoms with Gasteiger partial charge in [-0.25, -0.2) is 13.9 Å². The summed E-state index contributed by atoms with van der Waals surface area (Å²) in [4.78, 5) is 7.16. The van der Waals surface area contributed by atoms with Crippen LogP contribution in [0.2, 0.25) is 5.02 Å². The van der Waals surface area contributed by atoms with Gasteiger partial charge in [0.2, 0.25) is 0 Å². The molecule has 1 N–H and O–H groups in total. The molecule has 0 spiro atoms. The summed E-state index contributed by atoms with van der Waals surface area (Å²) in [5, 5.41) is 12.9. The standard InChI is InChI=1S/C23H25ClFN7O/c1-15-20(11-16-3-4-18(24)13-19(16)25)32-23(26-15)17(14-31-7-9-33-10-8-31)12-22(29-32)27-21-5-6-30(2)28-21/h3-6,12-13H,7-11,14H2,1-2H3,(H,27,28,29). The number of benzene rings is 1. The molecular weight excluding hydrogens is 445 g/mol. The Kier molecular flexibility index (Phi) is 6.01. The highest BCUT2D eigenvalue weighted by molar-refractivity contribution is 6.30. The van der Waals surface area contributed by atoms with E-state index in [-0.39, 0.29) is 5.82 Å². The van der Waals surface area contributed by atoms with E-state index in [4.69, 9.17) is 26.4 Å². The molecule has 1 aliphatic heterocycles. The van der Waals surface area contributed by atoms with Crippen LogP contribution in [0, 0.1) is 12.7 Å². The van der Waals surface area contributed by atoms with E-state index >= 15 is 0 Å². The summed E-state index contributed by atoms with van der Waals surface area (Å²) < 4.78 is 23.6. The number of nitrogens with zero attached hydrogens (tertiary/aromatic N) is 6. The van der Waals surface area contributed by atoms with Gasteiger partial charge in [-0.3, -0.25) is 9.58 Å². The van der Waals surface area contributed by atoms with Crippen LogP contribution in [0.15, 0.2) is 36.5 Å². The number of nitrogens with one attached hydrogen (secondary N) is 1. The Morgan fingerprint density at radius 2 is 1.91 bits per heavy atom. The summed E-state index contributed by atoms with van der Waals surface area (Å²) in [7, 11) is 1.86. The van der Waals surface area contributed by atoms with Crippen LogP contribution in [-0.2, 0) is 24.8 Å². The normalized spacial score (nSPS) is 14.8. The fourth-order valence-electron chi connectivity index (χ4n) is 4.07. The van der Waals surface area contributed by atoms with Crippen molar-refractivity contribution in [2.75, 3.05) is 31.6 Å². The van der Waals surface area contributed by atoms with Crippen LogP contribution >= 0.6 is 11.6 Å². The second-order valence-electron chi connectivity index (χ2n) is 8.23. The second-order valence-corrected chi connectivity index (χ2v) is 8.67. The molecule has 5 rings (SSSR count). The lowest BCUT2D eigenvalue weighted by Gasteiger charge is -2.26. The highest BCUT2D eigenvalue weighted by Gasteiger charge is 2.20. The Labute approximate surface area is 195 Å². The zero-order valence-corrected chi connectivity index (χ0v) is 19.3. The smallest absolute Gasteiger partial charge is 0.158 e. The summed E-state index contributed by atoms with van der Waals surface area (Å²) >= 11 is 5.94. The molecule has 1 fully saturated rings. The van der Waals surface area contributed by atoms with Crippen molar-refractivity contribution in [3.63, 3.8) is 0 Å². The van der Waals surface area contributed by atoms with E-state index in [2.05, 4.69) is 15.3 Å². The maximum absolute atomic E-state index is 14.6. The lowest BCUT2D eigenvalue weighted by atomic mass is 10.1. The largest absolute Gasteiger partial charge is 0.379 e. The van der Waals surface area contributed by atoms with Crippen molar-refractivity contribution in [3.05, 3.63) is 69.9 Å². The van der Waals surface area contributed by atoms with E-state index in [0.717, 1.165) is 55.4 Å². The lowest BCUT2D eigenvalue weighted by molar-refractivity contribution is 0.0343. The predicted molar refractivity (Wildman–Crippen MR) is 125 cm³/mol. The number of hydrogen-bond acceptors (Lipinski definition) is 6. The summed E-state index contributed by atoms with van der Waals surface area (Å²) in [6.45, 7) is 5.81. The molecule has 0 unspecified atom stereocenters. The zero-order chi connectivity index (χ0) is 22.9. The molecule has 1 saturated heterocycles. The van der Waals surface area contributed by atoms with Crippen LogP contribution in [0.3, 0.4) is 0 Å². The molecule has 0 radical (unpaired) electrons. The SMILES string of the molecule is Cc1nc2c(CN3CCOCC3)cc(Nc3ccn(C)n3)nn2c1Cc1ccc(Cl)cc1F. The maximum Gasteiger partial charge on any atom is 0.158 e. The number of aromatic nitrogens is 5. The Balaban J connectivity index is 1.57. The molecule has 10 heteroatoms. The quantitative estimate of drug-likeness (QED) is 0.464. The van der Waals surface area contributed by atoms with Gasteiger partial charge in [0, 0.05) is 56.0 Å². The minimum atomic E-state index is -0.340. The first kappa shape index (κ1) is 21.8. The number of morpholine rings is 1. The third-order valence-corrected chi connectivity index (χ3v) is 6.03. The van der Waals surface area contributed by atoms with E-state index in [9.17, 15) is 4.39 Å². The van der Waals surface area contributed by atoms with Gasteiger partial charge in [-0.15, -0.1) is 5.10 Å². The fourth-order valence-corrected chi connectivity index (χ4v) is 4.23. The van der Waals surface area contributed by atoms with Crippen LogP contribution in [0.4, 0.5) is 16.0 Å². The van der Waals surface area contributed by atoms with Crippen molar-refractivity contribution >= 4 is 28.9 Å². The Morgan fingerprint density at radius 1 is 1.09 bits per heavy atom. The molecule has 33 heavy (non-hydrogen) atoms. The summed E-state index contributed by atoms with van der Waals surface area (Å²) in [6, 6.07) is 8.64. The average Bonchev–Trinajstić information content (AvgIpc) is 3.33. The van der Waals surface area contributed by atoms with Gasteiger partial charge in [-0.2, -0.15) is 5.10 Å². The number of aryl methyl sites for hydroxylation is 2. The van der Waals surface area contributed by atoms with E-state index < -0.39 is 0 Å². The molecule has 0 amide bonds. The Bertz CT molecular complexity index is 1300. The van der Waals surface area contributed by atoms with Crippen molar-refractivity contribution in [3.8, 4) is 0 Å². The summed E-state index contributed by atoms with van der Waals surface area (Å²) in [5.41, 5.74) is 4.00. The van der Waals surface area contributed by atoms with Gasteiger partial charge in [-0.1, -0.05) is 17.7 Å². The molecular formula is C23H25ClFN7O. The molecule has 3 aromatic heterocycles. The van der Waals surface area contributed by atoms with Crippen molar-refractivity contribution in [1.29, 1.82) is 0 Å². The monoisotopic (exact) mass is 469 g/mol. The van der Waals surface area contributed by atoms with Crippen molar-refractivity contribution < 1.29 is 9.13 Å². The molecule has 0 saturated carbocycles. The number of hydrogen-bond donors (Lipinski definition) is 1. The fraction of sp³-hybridized carbons (Fsp3) is 0.348. The highest BCUT2D eigenvalue weighted by atomic mass is 35.5. The number of fused-ring (bicyclic) bond motifs is 1. The predicted octanol–water partition coefficient (Wildman–Crippen LogP) is 3.73. The van der Waals surface area contributed by atoms with Gasteiger partial charge in [0.15, 0.2) is 17.3 Å². The molecule has 0 bridgehead atoms. The average molecular weight is 470 g/mol. The van der Waals surface area contributed by atoms with Crippen molar-refractivity contribution in [2.45, 2.75) is 19.9 Å². The lowest BCUT2D eigenvalue weighted by Crippen LogP contribution is -2.35. The number of halogens is 2. The third-order valence-electron chi connectivity index (χ3n) is 5.79. The zero-order valence-electron chi connectivity index (χ0n) is 18.6. The summed E-state index contributed by atoms with van der Waals surface area (Å²) in [5.74, 6) is 1.01. The molecule has 0 aliphatic carbocycles. The van der Waals surface area contributed by atoms with E-state index in [1.165, 1.54) is 6.07 Å². The van der Waals surface area contributed by atoms with Gasteiger partial charge < -0.3 is 10.1 Å². The summed E-state index contributed by atoms with van der Waals surface area (Å²) in [6.07, 6.45) is 2.22. The van der Waals surface area contributed by atoms with E-state index in [0.29, 0.717) is 28.6 Å². The molecule has 4 aromatic rings. The highest BCUT2D eigenvalue weighted by Crippen LogP contribution is 2.25. The number of rotatable bonds is 6. The van der Waals surface area contributed by atoms with Gasteiger partial charge in [0.25, 0.3) is 0 Å². The molecule has 172 valence electrons. The first-order valence-corrected chi connectivity index (χ1v) is 11.2. The van der Waals surface area contributed by atoms with Crippen LogP contribution in [0.1, 0.15) is 22.5 Å². The topological polar surface area (TPSA) is 72.5 Å². The molecule has 4 heterocycles. The number of imidazole rings is 1. The van der Waals surface area contributed by atoms with Crippen LogP contribution in [0.5, 0.6) is 0 Å². The van der Waals surface area contributed by atoms with Gasteiger partial charge in [-0.05, 0) is 30.7 Å². The van der Waals surface area contributed by atoms with E-state index in [1.807, 2.05) is 36.8 Å². The van der Waals surface area contributed by atoms with E-state index in [1.54, 1.807) is 16.8 Å². The molecule has 0 atom stereocenters. The molecule has 8 nitrogen and oxygen atoms in total. The van der Waals surface area contributed by atoms with Crippen LogP contribution in [0.25, 0.3) is 5.65 Å². The van der Waals surface area contributed by atoms with Crippen molar-refractivity contribution in [1.82, 2.24) is 29.3 Å². The Hall–Kier alpha value is -3.01. The van der Waals surface area contributed by atoms with Crippen LogP contribution in [-0.4, -0.2) is 55.6 Å². The Morgan fingerprint density at radius 3 is 2.64 bits per heavy atom. The van der Waals surface area contributed by atoms with Gasteiger partial charge >= 0.3 is 0 Å². The van der Waals surface area contributed by atoms with Gasteiger partial charge in [0.1, 0.15) is 5.82 Å². The number of ether oxygens (including phenoxy) is 1. The third kappa shape index (κ3) is 4.71. The molecule has 1 aromatic carbocycles. The number of anilines is 2. The van der Waals surface area contributed by atoms with Crippen LogP contribution < -0.4 is 5.32 Å². The molecule has 1 aliphatic rings.